The first-order valence-electron chi connectivity index (χ1n) is 5.66. The summed E-state index contributed by atoms with van der Waals surface area (Å²) in [5.74, 6) is 1.84. The first-order chi connectivity index (χ1) is 9.28. The number of allylic oxidation sites excluding steroid dienone is 1. The molecule has 0 unspecified atom stereocenters. The molecule has 0 N–H and O–H groups in total. The maximum Gasteiger partial charge on any atom is 0.161 e. The molecule has 0 aliphatic carbocycles. The summed E-state index contributed by atoms with van der Waals surface area (Å²) in [4.78, 5) is 0. The zero-order valence-electron chi connectivity index (χ0n) is 10.7. The standard InChI is InChI=1S/C15H13NO3/c1-17-14-6-5-11(9-15(14)18-2)12(10-16)8-13-4-3-7-19-13/h3-9H,1-2H3/b12-8+. The van der Waals surface area contributed by atoms with Gasteiger partial charge >= 0.3 is 0 Å². The summed E-state index contributed by atoms with van der Waals surface area (Å²) in [5.41, 5.74) is 1.24. The van der Waals surface area contributed by atoms with E-state index in [1.54, 1.807) is 56.9 Å². The van der Waals surface area contributed by atoms with Crippen LogP contribution in [0.5, 0.6) is 11.5 Å². The Hall–Kier alpha value is -2.67. The third-order valence-electron chi connectivity index (χ3n) is 2.64. The molecule has 96 valence electrons. The highest BCUT2D eigenvalue weighted by atomic mass is 16.5. The summed E-state index contributed by atoms with van der Waals surface area (Å²) in [7, 11) is 3.13. The molecule has 4 heteroatoms. The van der Waals surface area contributed by atoms with Crippen LogP contribution in [0.15, 0.2) is 41.0 Å². The summed E-state index contributed by atoms with van der Waals surface area (Å²) in [6.07, 6.45) is 3.25. The normalized spacial score (nSPS) is 10.9. The highest BCUT2D eigenvalue weighted by Gasteiger charge is 2.08. The highest BCUT2D eigenvalue weighted by molar-refractivity contribution is 5.89. The molecule has 1 aromatic carbocycles. The topological polar surface area (TPSA) is 55.4 Å². The number of ether oxygens (including phenoxy) is 2. The Kier molecular flexibility index (Phi) is 3.89. The lowest BCUT2D eigenvalue weighted by Gasteiger charge is -2.08. The molecule has 0 aliphatic heterocycles. The minimum Gasteiger partial charge on any atom is -0.493 e. The van der Waals surface area contributed by atoms with Crippen LogP contribution in [0.3, 0.4) is 0 Å². The van der Waals surface area contributed by atoms with Gasteiger partial charge in [-0.1, -0.05) is 0 Å². The fourth-order valence-electron chi connectivity index (χ4n) is 1.70. The van der Waals surface area contributed by atoms with E-state index >= 15 is 0 Å². The van der Waals surface area contributed by atoms with Gasteiger partial charge in [-0.05, 0) is 42.0 Å². The maximum atomic E-state index is 9.24. The van der Waals surface area contributed by atoms with Crippen LogP contribution in [0.2, 0.25) is 0 Å². The van der Waals surface area contributed by atoms with Gasteiger partial charge in [0.05, 0.1) is 32.1 Å². The summed E-state index contributed by atoms with van der Waals surface area (Å²) >= 11 is 0. The van der Waals surface area contributed by atoms with Crippen molar-refractivity contribution in [3.05, 3.63) is 47.9 Å². The zero-order chi connectivity index (χ0) is 13.7. The number of hydrogen-bond donors (Lipinski definition) is 0. The Balaban J connectivity index is 2.42. The van der Waals surface area contributed by atoms with Crippen LogP contribution >= 0.6 is 0 Å². The van der Waals surface area contributed by atoms with Gasteiger partial charge in [0.1, 0.15) is 5.76 Å². The molecule has 0 bridgehead atoms. The van der Waals surface area contributed by atoms with Crippen LogP contribution in [0.1, 0.15) is 11.3 Å². The van der Waals surface area contributed by atoms with Gasteiger partial charge in [0.2, 0.25) is 0 Å². The van der Waals surface area contributed by atoms with Crippen molar-refractivity contribution in [2.24, 2.45) is 0 Å². The molecular weight excluding hydrogens is 242 g/mol. The van der Waals surface area contributed by atoms with E-state index in [0.717, 1.165) is 5.56 Å². The number of hydrogen-bond acceptors (Lipinski definition) is 4. The Morgan fingerprint density at radius 1 is 1.21 bits per heavy atom. The van der Waals surface area contributed by atoms with Crippen molar-refractivity contribution >= 4 is 11.6 Å². The van der Waals surface area contributed by atoms with E-state index in [0.29, 0.717) is 22.8 Å². The van der Waals surface area contributed by atoms with Crippen molar-refractivity contribution in [1.82, 2.24) is 0 Å². The molecule has 19 heavy (non-hydrogen) atoms. The second-order valence-electron chi connectivity index (χ2n) is 3.75. The molecule has 2 aromatic rings. The van der Waals surface area contributed by atoms with Crippen LogP contribution in [0.4, 0.5) is 0 Å². The number of furan rings is 1. The molecule has 0 aliphatic rings. The molecule has 0 saturated heterocycles. The van der Waals surface area contributed by atoms with Crippen LogP contribution < -0.4 is 9.47 Å². The van der Waals surface area contributed by atoms with E-state index < -0.39 is 0 Å². The lowest BCUT2D eigenvalue weighted by molar-refractivity contribution is 0.355. The Morgan fingerprint density at radius 2 is 2.00 bits per heavy atom. The van der Waals surface area contributed by atoms with Crippen molar-refractivity contribution in [1.29, 1.82) is 5.26 Å². The van der Waals surface area contributed by atoms with Gasteiger partial charge < -0.3 is 13.9 Å². The Labute approximate surface area is 111 Å². The van der Waals surface area contributed by atoms with Gasteiger partial charge in [-0.25, -0.2) is 0 Å². The van der Waals surface area contributed by atoms with Crippen molar-refractivity contribution < 1.29 is 13.9 Å². The SMILES string of the molecule is COc1ccc(/C(C#N)=C/c2ccco2)cc1OC. The smallest absolute Gasteiger partial charge is 0.161 e. The molecule has 0 spiro atoms. The van der Waals surface area contributed by atoms with Crippen molar-refractivity contribution in [2.75, 3.05) is 14.2 Å². The van der Waals surface area contributed by atoms with Gasteiger partial charge in [0, 0.05) is 0 Å². The van der Waals surface area contributed by atoms with Gasteiger partial charge in [0.15, 0.2) is 11.5 Å². The highest BCUT2D eigenvalue weighted by Crippen LogP contribution is 2.30. The van der Waals surface area contributed by atoms with E-state index in [9.17, 15) is 5.26 Å². The average Bonchev–Trinajstić information content (AvgIpc) is 2.97. The van der Waals surface area contributed by atoms with E-state index in [2.05, 4.69) is 6.07 Å². The predicted molar refractivity (Wildman–Crippen MR) is 71.7 cm³/mol. The van der Waals surface area contributed by atoms with E-state index in [1.165, 1.54) is 0 Å². The quantitative estimate of drug-likeness (QED) is 0.786. The first kappa shape index (κ1) is 12.8. The number of methoxy groups -OCH3 is 2. The largest absolute Gasteiger partial charge is 0.493 e. The third kappa shape index (κ3) is 2.78. The molecule has 1 aromatic heterocycles. The molecular formula is C15H13NO3. The molecule has 4 nitrogen and oxygen atoms in total. The predicted octanol–water partition coefficient (Wildman–Crippen LogP) is 3.36. The van der Waals surface area contributed by atoms with Crippen LogP contribution in [-0.4, -0.2) is 14.2 Å². The van der Waals surface area contributed by atoms with E-state index in [1.807, 2.05) is 0 Å². The minimum absolute atomic E-state index is 0.496. The maximum absolute atomic E-state index is 9.24. The van der Waals surface area contributed by atoms with Crippen molar-refractivity contribution in [3.8, 4) is 17.6 Å². The van der Waals surface area contributed by atoms with Crippen LogP contribution in [0, 0.1) is 11.3 Å². The van der Waals surface area contributed by atoms with Gasteiger partial charge in [-0.3, -0.25) is 0 Å². The second-order valence-corrected chi connectivity index (χ2v) is 3.75. The molecule has 0 amide bonds. The zero-order valence-corrected chi connectivity index (χ0v) is 10.7. The van der Waals surface area contributed by atoms with E-state index in [4.69, 9.17) is 13.9 Å². The number of nitriles is 1. The Bertz CT molecular complexity index is 621. The summed E-state index contributed by atoms with van der Waals surface area (Å²) in [5, 5.41) is 9.24. The minimum atomic E-state index is 0.496. The molecule has 1 heterocycles. The molecule has 0 atom stereocenters. The Morgan fingerprint density at radius 3 is 2.58 bits per heavy atom. The van der Waals surface area contributed by atoms with Crippen LogP contribution in [-0.2, 0) is 0 Å². The van der Waals surface area contributed by atoms with Gasteiger partial charge in [-0.15, -0.1) is 0 Å². The van der Waals surface area contributed by atoms with Crippen LogP contribution in [0.25, 0.3) is 11.6 Å². The van der Waals surface area contributed by atoms with Gasteiger partial charge in [0.25, 0.3) is 0 Å². The lowest BCUT2D eigenvalue weighted by atomic mass is 10.1. The second kappa shape index (κ2) is 5.78. The molecule has 0 fully saturated rings. The average molecular weight is 255 g/mol. The summed E-state index contributed by atoms with van der Waals surface area (Å²) in [6.45, 7) is 0. The number of benzene rings is 1. The van der Waals surface area contributed by atoms with Crippen molar-refractivity contribution in [3.63, 3.8) is 0 Å². The summed E-state index contributed by atoms with van der Waals surface area (Å²) < 4.78 is 15.6. The lowest BCUT2D eigenvalue weighted by Crippen LogP contribution is -1.92. The molecule has 0 saturated carbocycles. The van der Waals surface area contributed by atoms with Gasteiger partial charge in [-0.2, -0.15) is 5.26 Å². The number of rotatable bonds is 4. The van der Waals surface area contributed by atoms with Crippen molar-refractivity contribution in [2.45, 2.75) is 0 Å². The molecule has 2 rings (SSSR count). The van der Waals surface area contributed by atoms with E-state index in [-0.39, 0.29) is 0 Å². The number of nitrogens with zero attached hydrogens (tertiary/aromatic N) is 1. The fourth-order valence-corrected chi connectivity index (χ4v) is 1.70. The first-order valence-corrected chi connectivity index (χ1v) is 5.66. The molecule has 0 radical (unpaired) electrons. The fraction of sp³-hybridized carbons (Fsp3) is 0.133. The summed E-state index contributed by atoms with van der Waals surface area (Å²) in [6, 6.07) is 11.0. The third-order valence-corrected chi connectivity index (χ3v) is 2.64. The monoisotopic (exact) mass is 255 g/mol.